The van der Waals surface area contributed by atoms with Crippen molar-refractivity contribution < 1.29 is 9.53 Å². The fourth-order valence-corrected chi connectivity index (χ4v) is 0.797. The number of carbonyl (C=O) groups is 1. The smallest absolute Gasteiger partial charge is 0.330 e. The van der Waals surface area contributed by atoms with Gasteiger partial charge in [-0.05, 0) is 13.3 Å². The molecule has 0 fully saturated rings. The first kappa shape index (κ1) is 10.2. The van der Waals surface area contributed by atoms with Gasteiger partial charge in [-0.3, -0.25) is 0 Å². The minimum atomic E-state index is -0.325. The Balaban J connectivity index is 3.43. The van der Waals surface area contributed by atoms with E-state index in [1.165, 1.54) is 6.08 Å². The summed E-state index contributed by atoms with van der Waals surface area (Å²) in [5.74, 6) is -0.325. The molecule has 0 aliphatic rings. The van der Waals surface area contributed by atoms with Crippen LogP contribution in [-0.2, 0) is 9.53 Å². The van der Waals surface area contributed by atoms with E-state index < -0.39 is 0 Å². The molecule has 0 radical (unpaired) electrons. The molecule has 0 saturated carbocycles. The molecule has 0 aromatic heterocycles. The molecule has 0 N–H and O–H groups in total. The summed E-state index contributed by atoms with van der Waals surface area (Å²) in [7, 11) is 0. The fourth-order valence-electron chi connectivity index (χ4n) is 0.797. The van der Waals surface area contributed by atoms with Gasteiger partial charge in [0.05, 0.1) is 6.10 Å². The molecule has 64 valence electrons. The SMILES string of the molecule is C=CC(=O)OC(C)CCCC. The number of esters is 1. The highest BCUT2D eigenvalue weighted by Crippen LogP contribution is 2.03. The first-order valence-electron chi connectivity index (χ1n) is 4.03. The monoisotopic (exact) mass is 156 g/mol. The predicted molar refractivity (Wildman–Crippen MR) is 45.3 cm³/mol. The molecule has 0 rings (SSSR count). The lowest BCUT2D eigenvalue weighted by Crippen LogP contribution is -2.12. The highest BCUT2D eigenvalue weighted by atomic mass is 16.5. The zero-order valence-electron chi connectivity index (χ0n) is 7.30. The molecule has 0 heterocycles. The van der Waals surface area contributed by atoms with Crippen LogP contribution in [0.25, 0.3) is 0 Å². The average molecular weight is 156 g/mol. The number of carbonyl (C=O) groups excluding carboxylic acids is 1. The molecule has 0 amide bonds. The van der Waals surface area contributed by atoms with Crippen LogP contribution in [0.1, 0.15) is 33.1 Å². The zero-order chi connectivity index (χ0) is 8.69. The highest BCUT2D eigenvalue weighted by molar-refractivity contribution is 5.81. The summed E-state index contributed by atoms with van der Waals surface area (Å²) in [5, 5.41) is 0. The van der Waals surface area contributed by atoms with E-state index >= 15 is 0 Å². The molecule has 0 aromatic rings. The number of rotatable bonds is 5. The van der Waals surface area contributed by atoms with Gasteiger partial charge >= 0.3 is 5.97 Å². The van der Waals surface area contributed by atoms with Gasteiger partial charge in [0, 0.05) is 6.08 Å². The first-order chi connectivity index (χ1) is 5.20. The van der Waals surface area contributed by atoms with Gasteiger partial charge in [-0.25, -0.2) is 4.79 Å². The maximum Gasteiger partial charge on any atom is 0.330 e. The van der Waals surface area contributed by atoms with Crippen molar-refractivity contribution in [2.24, 2.45) is 0 Å². The van der Waals surface area contributed by atoms with Crippen molar-refractivity contribution in [3.05, 3.63) is 12.7 Å². The van der Waals surface area contributed by atoms with Crippen LogP contribution < -0.4 is 0 Å². The molecular weight excluding hydrogens is 140 g/mol. The average Bonchev–Trinajstić information content (AvgIpc) is 2.00. The minimum absolute atomic E-state index is 0.0282. The Morgan fingerprint density at radius 1 is 1.73 bits per heavy atom. The third-order valence-electron chi connectivity index (χ3n) is 1.45. The van der Waals surface area contributed by atoms with Gasteiger partial charge in [-0.15, -0.1) is 0 Å². The fraction of sp³-hybridized carbons (Fsp3) is 0.667. The zero-order valence-corrected chi connectivity index (χ0v) is 7.30. The molecule has 1 unspecified atom stereocenters. The lowest BCUT2D eigenvalue weighted by atomic mass is 10.2. The predicted octanol–water partition coefficient (Wildman–Crippen LogP) is 2.29. The lowest BCUT2D eigenvalue weighted by Gasteiger charge is -2.10. The number of unbranched alkanes of at least 4 members (excludes halogenated alkanes) is 1. The van der Waals surface area contributed by atoms with Crippen LogP contribution in [0.2, 0.25) is 0 Å². The Morgan fingerprint density at radius 3 is 2.82 bits per heavy atom. The van der Waals surface area contributed by atoms with Crippen LogP contribution in [0.5, 0.6) is 0 Å². The summed E-state index contributed by atoms with van der Waals surface area (Å²) in [6, 6.07) is 0. The van der Waals surface area contributed by atoms with Crippen molar-refractivity contribution in [2.75, 3.05) is 0 Å². The summed E-state index contributed by atoms with van der Waals surface area (Å²) >= 11 is 0. The molecule has 11 heavy (non-hydrogen) atoms. The molecular formula is C9H16O2. The van der Waals surface area contributed by atoms with E-state index in [1.54, 1.807) is 0 Å². The Morgan fingerprint density at radius 2 is 2.36 bits per heavy atom. The van der Waals surface area contributed by atoms with Crippen molar-refractivity contribution in [2.45, 2.75) is 39.2 Å². The van der Waals surface area contributed by atoms with E-state index in [2.05, 4.69) is 13.5 Å². The van der Waals surface area contributed by atoms with Crippen molar-refractivity contribution in [1.29, 1.82) is 0 Å². The van der Waals surface area contributed by atoms with Crippen molar-refractivity contribution in [3.63, 3.8) is 0 Å². The Bertz CT molecular complexity index is 130. The van der Waals surface area contributed by atoms with Crippen LogP contribution >= 0.6 is 0 Å². The second kappa shape index (κ2) is 5.96. The van der Waals surface area contributed by atoms with Crippen LogP contribution in [0.15, 0.2) is 12.7 Å². The van der Waals surface area contributed by atoms with Gasteiger partial charge in [0.2, 0.25) is 0 Å². The molecule has 2 nitrogen and oxygen atoms in total. The molecule has 0 aliphatic carbocycles. The molecule has 2 heteroatoms. The van der Waals surface area contributed by atoms with Gasteiger partial charge in [0.1, 0.15) is 0 Å². The second-order valence-electron chi connectivity index (χ2n) is 2.59. The normalized spacial score (nSPS) is 12.2. The van der Waals surface area contributed by atoms with E-state index in [1.807, 2.05) is 6.92 Å². The maximum absolute atomic E-state index is 10.6. The minimum Gasteiger partial charge on any atom is -0.460 e. The molecule has 0 saturated heterocycles. The van der Waals surface area contributed by atoms with Gasteiger partial charge in [0.25, 0.3) is 0 Å². The van der Waals surface area contributed by atoms with Crippen LogP contribution in [0.3, 0.4) is 0 Å². The molecule has 1 atom stereocenters. The summed E-state index contributed by atoms with van der Waals surface area (Å²) in [5.41, 5.74) is 0. The summed E-state index contributed by atoms with van der Waals surface area (Å²) in [6.45, 7) is 7.33. The highest BCUT2D eigenvalue weighted by Gasteiger charge is 2.04. The van der Waals surface area contributed by atoms with E-state index in [0.717, 1.165) is 19.3 Å². The van der Waals surface area contributed by atoms with E-state index in [4.69, 9.17) is 4.74 Å². The van der Waals surface area contributed by atoms with Crippen LogP contribution in [0.4, 0.5) is 0 Å². The number of ether oxygens (including phenoxy) is 1. The molecule has 0 aromatic carbocycles. The first-order valence-corrected chi connectivity index (χ1v) is 4.03. The molecule has 0 aliphatic heterocycles. The van der Waals surface area contributed by atoms with Crippen LogP contribution in [-0.4, -0.2) is 12.1 Å². The standard InChI is InChI=1S/C9H16O2/c1-4-6-7-8(3)11-9(10)5-2/h5,8H,2,4,6-7H2,1,3H3. The van der Waals surface area contributed by atoms with Crippen molar-refractivity contribution in [3.8, 4) is 0 Å². The summed E-state index contributed by atoms with van der Waals surface area (Å²) in [6.07, 6.45) is 4.40. The second-order valence-corrected chi connectivity index (χ2v) is 2.59. The third kappa shape index (κ3) is 5.64. The molecule has 0 spiro atoms. The van der Waals surface area contributed by atoms with E-state index in [0.29, 0.717) is 0 Å². The van der Waals surface area contributed by atoms with Gasteiger partial charge < -0.3 is 4.74 Å². The quantitative estimate of drug-likeness (QED) is 0.451. The Kier molecular flexibility index (Phi) is 5.53. The summed E-state index contributed by atoms with van der Waals surface area (Å²) < 4.78 is 4.94. The third-order valence-corrected chi connectivity index (χ3v) is 1.45. The van der Waals surface area contributed by atoms with Gasteiger partial charge in [-0.1, -0.05) is 26.3 Å². The largest absolute Gasteiger partial charge is 0.460 e. The van der Waals surface area contributed by atoms with E-state index in [-0.39, 0.29) is 12.1 Å². The van der Waals surface area contributed by atoms with Crippen molar-refractivity contribution in [1.82, 2.24) is 0 Å². The molecule has 0 bridgehead atoms. The summed E-state index contributed by atoms with van der Waals surface area (Å²) in [4.78, 5) is 10.6. The van der Waals surface area contributed by atoms with E-state index in [9.17, 15) is 4.79 Å². The van der Waals surface area contributed by atoms with Crippen molar-refractivity contribution >= 4 is 5.97 Å². The lowest BCUT2D eigenvalue weighted by molar-refractivity contribution is -0.142. The Hall–Kier alpha value is -0.790. The maximum atomic E-state index is 10.6. The van der Waals surface area contributed by atoms with Gasteiger partial charge in [-0.2, -0.15) is 0 Å². The van der Waals surface area contributed by atoms with Gasteiger partial charge in [0.15, 0.2) is 0 Å². The van der Waals surface area contributed by atoms with Crippen LogP contribution in [0, 0.1) is 0 Å². The topological polar surface area (TPSA) is 26.3 Å². The number of hydrogen-bond acceptors (Lipinski definition) is 2. The Labute approximate surface area is 68.2 Å². The number of hydrogen-bond donors (Lipinski definition) is 0.